The molecule has 0 spiro atoms. The number of nitrogens with one attached hydrogen (secondary N) is 1. The Morgan fingerprint density at radius 2 is 1.57 bits per heavy atom. The van der Waals surface area contributed by atoms with Crippen molar-refractivity contribution < 1.29 is 30.4 Å². The van der Waals surface area contributed by atoms with Gasteiger partial charge in [-0.1, -0.05) is 5.10 Å². The van der Waals surface area contributed by atoms with Crippen LogP contribution >= 0.6 is 0 Å². The van der Waals surface area contributed by atoms with E-state index in [1.54, 1.807) is 0 Å². The monoisotopic (exact) mass is 453 g/mol. The minimum atomic E-state index is -3.76. The average molecular weight is 453 g/mol. The first-order valence-corrected chi connectivity index (χ1v) is 12.0. The van der Waals surface area contributed by atoms with Crippen molar-refractivity contribution >= 4 is 31.6 Å². The van der Waals surface area contributed by atoms with E-state index in [4.69, 9.17) is 4.42 Å². The van der Waals surface area contributed by atoms with Gasteiger partial charge in [0.2, 0.25) is 11.8 Å². The first-order valence-electron chi connectivity index (χ1n) is 8.47. The number of anilines is 1. The molecule has 0 aliphatic rings. The van der Waals surface area contributed by atoms with E-state index in [-0.39, 0.29) is 28.1 Å². The zero-order chi connectivity index (χ0) is 21.9. The second-order valence-electron chi connectivity index (χ2n) is 6.28. The smallest absolute Gasteiger partial charge is 0.322 e. The molecule has 0 saturated carbocycles. The maximum atomic E-state index is 12.9. The maximum absolute atomic E-state index is 12.9. The van der Waals surface area contributed by atoms with Crippen molar-refractivity contribution in [3.8, 4) is 11.5 Å². The normalized spacial score (nSPS) is 11.9. The van der Waals surface area contributed by atoms with E-state index in [9.17, 15) is 26.0 Å². The van der Waals surface area contributed by atoms with Crippen LogP contribution in [0.4, 0.5) is 10.4 Å². The van der Waals surface area contributed by atoms with E-state index in [0.29, 0.717) is 5.56 Å². The predicted octanol–water partition coefficient (Wildman–Crippen LogP) is 2.08. The zero-order valence-corrected chi connectivity index (χ0v) is 17.2. The Balaban J connectivity index is 1.61. The van der Waals surface area contributed by atoms with Crippen LogP contribution < -0.4 is 5.32 Å². The highest BCUT2D eigenvalue weighted by molar-refractivity contribution is 7.91. The van der Waals surface area contributed by atoms with Crippen LogP contribution in [0.1, 0.15) is 6.42 Å². The first kappa shape index (κ1) is 21.6. The molecule has 1 heterocycles. The molecule has 1 N–H and O–H groups in total. The fraction of sp³-hybridized carbons (Fsp3) is 0.167. The predicted molar refractivity (Wildman–Crippen MR) is 105 cm³/mol. The van der Waals surface area contributed by atoms with Crippen molar-refractivity contribution in [2.75, 3.05) is 17.3 Å². The first-order chi connectivity index (χ1) is 14.0. The molecular weight excluding hydrogens is 437 g/mol. The molecule has 0 saturated heterocycles. The third-order valence-corrected chi connectivity index (χ3v) is 6.83. The molecule has 2 aromatic carbocycles. The summed E-state index contributed by atoms with van der Waals surface area (Å²) in [6, 6.07) is 9.78. The van der Waals surface area contributed by atoms with Crippen LogP contribution in [-0.2, 0) is 24.5 Å². The van der Waals surface area contributed by atoms with Gasteiger partial charge in [0.1, 0.15) is 5.82 Å². The van der Waals surface area contributed by atoms with Gasteiger partial charge in [0.15, 0.2) is 19.7 Å². The van der Waals surface area contributed by atoms with Crippen LogP contribution in [0.15, 0.2) is 62.7 Å². The Labute approximate surface area is 171 Å². The van der Waals surface area contributed by atoms with Crippen LogP contribution in [0.25, 0.3) is 11.5 Å². The Kier molecular flexibility index (Phi) is 5.99. The number of halogens is 1. The summed E-state index contributed by atoms with van der Waals surface area (Å²) in [7, 11) is -7.11. The van der Waals surface area contributed by atoms with Gasteiger partial charge in [0.05, 0.1) is 15.5 Å². The van der Waals surface area contributed by atoms with Crippen molar-refractivity contribution in [1.29, 1.82) is 0 Å². The third kappa shape index (κ3) is 5.27. The highest BCUT2D eigenvalue weighted by Gasteiger charge is 2.18. The molecule has 0 bridgehead atoms. The molecule has 158 valence electrons. The summed E-state index contributed by atoms with van der Waals surface area (Å²) in [5.41, 5.74) is 0.439. The fourth-order valence-corrected chi connectivity index (χ4v) is 4.27. The van der Waals surface area contributed by atoms with E-state index in [0.717, 1.165) is 30.5 Å². The number of amides is 1. The molecule has 0 unspecified atom stereocenters. The van der Waals surface area contributed by atoms with Gasteiger partial charge in [-0.05, 0) is 48.5 Å². The van der Waals surface area contributed by atoms with Crippen LogP contribution in [0, 0.1) is 5.82 Å². The molecule has 0 aliphatic carbocycles. The molecule has 0 fully saturated rings. The summed E-state index contributed by atoms with van der Waals surface area (Å²) in [5.74, 6) is -1.67. The van der Waals surface area contributed by atoms with Crippen molar-refractivity contribution in [3.05, 3.63) is 54.3 Å². The third-order valence-electron chi connectivity index (χ3n) is 3.97. The number of hydrogen-bond acceptors (Lipinski definition) is 8. The number of nitrogens with zero attached hydrogens (tertiary/aromatic N) is 2. The van der Waals surface area contributed by atoms with E-state index < -0.39 is 37.2 Å². The molecule has 1 aromatic heterocycles. The Morgan fingerprint density at radius 1 is 0.967 bits per heavy atom. The number of benzene rings is 2. The van der Waals surface area contributed by atoms with E-state index in [2.05, 4.69) is 15.5 Å². The molecule has 30 heavy (non-hydrogen) atoms. The van der Waals surface area contributed by atoms with Gasteiger partial charge in [-0.3, -0.25) is 10.1 Å². The van der Waals surface area contributed by atoms with Gasteiger partial charge >= 0.3 is 6.01 Å². The highest BCUT2D eigenvalue weighted by atomic mass is 32.2. The quantitative estimate of drug-likeness (QED) is 0.537. The van der Waals surface area contributed by atoms with E-state index in [1.807, 2.05) is 0 Å². The number of rotatable bonds is 7. The van der Waals surface area contributed by atoms with Gasteiger partial charge in [-0.2, -0.15) is 0 Å². The van der Waals surface area contributed by atoms with Crippen LogP contribution in [-0.4, -0.2) is 44.9 Å². The van der Waals surface area contributed by atoms with Crippen LogP contribution in [0.2, 0.25) is 0 Å². The van der Waals surface area contributed by atoms with Gasteiger partial charge < -0.3 is 4.42 Å². The number of sulfone groups is 2. The lowest BCUT2D eigenvalue weighted by atomic mass is 10.2. The van der Waals surface area contributed by atoms with Crippen LogP contribution in [0.5, 0.6) is 0 Å². The summed E-state index contributed by atoms with van der Waals surface area (Å²) in [6.07, 6.45) is 0.707. The molecule has 1 amide bonds. The van der Waals surface area contributed by atoms with Crippen LogP contribution in [0.3, 0.4) is 0 Å². The van der Waals surface area contributed by atoms with Crippen molar-refractivity contribution in [3.63, 3.8) is 0 Å². The topological polar surface area (TPSA) is 136 Å². The Bertz CT molecular complexity index is 1270. The summed E-state index contributed by atoms with van der Waals surface area (Å²) in [6.45, 7) is 0. The molecule has 0 radical (unpaired) electrons. The van der Waals surface area contributed by atoms with Crippen molar-refractivity contribution in [2.45, 2.75) is 16.2 Å². The molecule has 12 heteroatoms. The fourth-order valence-electron chi connectivity index (χ4n) is 2.40. The molecule has 3 rings (SSSR count). The van der Waals surface area contributed by atoms with Crippen molar-refractivity contribution in [2.24, 2.45) is 0 Å². The number of carbonyl (C=O) groups is 1. The molecule has 9 nitrogen and oxygen atoms in total. The van der Waals surface area contributed by atoms with Gasteiger partial charge in [-0.15, -0.1) is 5.10 Å². The summed E-state index contributed by atoms with van der Waals surface area (Å²) in [4.78, 5) is 12.1. The largest absolute Gasteiger partial charge is 0.403 e. The minimum Gasteiger partial charge on any atom is -0.403 e. The van der Waals surface area contributed by atoms with E-state index >= 15 is 0 Å². The lowest BCUT2D eigenvalue weighted by molar-refractivity contribution is -0.115. The maximum Gasteiger partial charge on any atom is 0.322 e. The molecular formula is C18H16FN3O6S2. The highest BCUT2D eigenvalue weighted by Crippen LogP contribution is 2.22. The molecule has 0 aliphatic heterocycles. The SMILES string of the molecule is CS(=O)(=O)c1ccc(-c2nnc(NC(=O)CCS(=O)(=O)c3ccc(F)cc3)o2)cc1. The zero-order valence-electron chi connectivity index (χ0n) is 15.6. The van der Waals surface area contributed by atoms with Crippen molar-refractivity contribution in [1.82, 2.24) is 10.2 Å². The second-order valence-corrected chi connectivity index (χ2v) is 10.4. The average Bonchev–Trinajstić information content (AvgIpc) is 3.15. The lowest BCUT2D eigenvalue weighted by Crippen LogP contribution is -2.17. The Morgan fingerprint density at radius 3 is 2.17 bits per heavy atom. The lowest BCUT2D eigenvalue weighted by Gasteiger charge is -2.04. The number of carbonyl (C=O) groups excluding carboxylic acids is 1. The minimum absolute atomic E-state index is 0.0456. The van der Waals surface area contributed by atoms with Gasteiger partial charge in [-0.25, -0.2) is 21.2 Å². The molecule has 3 aromatic rings. The second kappa shape index (κ2) is 8.32. The number of aromatic nitrogens is 2. The standard InChI is InChI=1S/C18H16FN3O6S2/c1-29(24,25)14-6-2-12(3-7-14)17-21-22-18(28-17)20-16(23)10-11-30(26,27)15-8-4-13(19)5-9-15/h2-9H,10-11H2,1H3,(H,20,22,23). The Hall–Kier alpha value is -3.12. The van der Waals surface area contributed by atoms with Gasteiger partial charge in [0, 0.05) is 18.2 Å². The summed E-state index contributed by atoms with van der Waals surface area (Å²) < 4.78 is 65.6. The number of hydrogen-bond donors (Lipinski definition) is 1. The van der Waals surface area contributed by atoms with E-state index in [1.165, 1.54) is 24.3 Å². The summed E-state index contributed by atoms with van der Waals surface area (Å²) >= 11 is 0. The molecule has 0 atom stereocenters. The van der Waals surface area contributed by atoms with Gasteiger partial charge in [0.25, 0.3) is 0 Å². The summed E-state index contributed by atoms with van der Waals surface area (Å²) in [5, 5.41) is 9.72.